The van der Waals surface area contributed by atoms with E-state index in [2.05, 4.69) is 21.1 Å². The molecule has 0 unspecified atom stereocenters. The Morgan fingerprint density at radius 2 is 1.85 bits per heavy atom. The standard InChI is InChI=1S/C21H26ClN3O2/c1-3-27-20-9-8-17(14-21(20)26-2)15-23-25-12-10-24(11-13-25)16-18-6-4-5-7-19(18)22/h4-9,14-15H,3,10-13,16H2,1-2H3/b23-15+. The number of methoxy groups -OCH3 is 1. The first-order valence-corrected chi connectivity index (χ1v) is 9.63. The van der Waals surface area contributed by atoms with Crippen LogP contribution in [0, 0.1) is 0 Å². The van der Waals surface area contributed by atoms with Gasteiger partial charge in [-0.3, -0.25) is 9.91 Å². The summed E-state index contributed by atoms with van der Waals surface area (Å²) in [6, 6.07) is 13.9. The van der Waals surface area contributed by atoms with Crippen molar-refractivity contribution >= 4 is 17.8 Å². The molecular weight excluding hydrogens is 362 g/mol. The van der Waals surface area contributed by atoms with Gasteiger partial charge in [-0.05, 0) is 42.3 Å². The van der Waals surface area contributed by atoms with E-state index in [1.165, 1.54) is 5.56 Å². The lowest BCUT2D eigenvalue weighted by atomic mass is 10.2. The minimum atomic E-state index is 0.613. The molecule has 1 fully saturated rings. The minimum Gasteiger partial charge on any atom is -0.493 e. The Balaban J connectivity index is 1.53. The third-order valence-electron chi connectivity index (χ3n) is 4.56. The van der Waals surface area contributed by atoms with Crippen LogP contribution in [-0.2, 0) is 6.54 Å². The molecule has 0 atom stereocenters. The first-order chi connectivity index (χ1) is 13.2. The van der Waals surface area contributed by atoms with Crippen LogP contribution in [0.1, 0.15) is 18.1 Å². The van der Waals surface area contributed by atoms with Gasteiger partial charge in [-0.15, -0.1) is 0 Å². The van der Waals surface area contributed by atoms with E-state index < -0.39 is 0 Å². The molecule has 0 bridgehead atoms. The second-order valence-corrected chi connectivity index (χ2v) is 6.82. The van der Waals surface area contributed by atoms with Gasteiger partial charge in [-0.25, -0.2) is 0 Å². The molecule has 0 radical (unpaired) electrons. The average molecular weight is 388 g/mol. The maximum Gasteiger partial charge on any atom is 0.161 e. The van der Waals surface area contributed by atoms with Gasteiger partial charge in [0.2, 0.25) is 0 Å². The fourth-order valence-corrected chi connectivity index (χ4v) is 3.26. The van der Waals surface area contributed by atoms with Crippen molar-refractivity contribution in [1.29, 1.82) is 0 Å². The van der Waals surface area contributed by atoms with Gasteiger partial charge in [0.1, 0.15) is 0 Å². The second-order valence-electron chi connectivity index (χ2n) is 6.41. The Labute approximate surface area is 166 Å². The number of hydrazone groups is 1. The maximum absolute atomic E-state index is 6.27. The van der Waals surface area contributed by atoms with E-state index in [4.69, 9.17) is 21.1 Å². The van der Waals surface area contributed by atoms with Gasteiger partial charge in [0.05, 0.1) is 19.9 Å². The molecule has 2 aromatic rings. The Hall–Kier alpha value is -2.24. The van der Waals surface area contributed by atoms with E-state index in [0.717, 1.165) is 54.8 Å². The predicted octanol–water partition coefficient (Wildman–Crippen LogP) is 3.90. The van der Waals surface area contributed by atoms with Crippen LogP contribution in [0.5, 0.6) is 11.5 Å². The van der Waals surface area contributed by atoms with Crippen LogP contribution in [-0.4, -0.2) is 56.0 Å². The Kier molecular flexibility index (Phi) is 6.96. The predicted molar refractivity (Wildman–Crippen MR) is 110 cm³/mol. The van der Waals surface area contributed by atoms with Crippen LogP contribution < -0.4 is 9.47 Å². The third-order valence-corrected chi connectivity index (χ3v) is 4.93. The molecule has 0 amide bonds. The molecule has 3 rings (SSSR count). The van der Waals surface area contributed by atoms with Crippen LogP contribution >= 0.6 is 11.6 Å². The van der Waals surface area contributed by atoms with Crippen LogP contribution in [0.15, 0.2) is 47.6 Å². The molecule has 0 aromatic heterocycles. The van der Waals surface area contributed by atoms with E-state index in [1.807, 2.05) is 49.5 Å². The number of piperazine rings is 1. The van der Waals surface area contributed by atoms with Crippen molar-refractivity contribution in [3.63, 3.8) is 0 Å². The Bertz CT molecular complexity index is 774. The largest absolute Gasteiger partial charge is 0.493 e. The van der Waals surface area contributed by atoms with Crippen molar-refractivity contribution in [1.82, 2.24) is 9.91 Å². The monoisotopic (exact) mass is 387 g/mol. The van der Waals surface area contributed by atoms with Gasteiger partial charge in [0.15, 0.2) is 11.5 Å². The first-order valence-electron chi connectivity index (χ1n) is 9.25. The van der Waals surface area contributed by atoms with Gasteiger partial charge in [0.25, 0.3) is 0 Å². The van der Waals surface area contributed by atoms with E-state index in [1.54, 1.807) is 7.11 Å². The van der Waals surface area contributed by atoms with Crippen LogP contribution in [0.2, 0.25) is 5.02 Å². The molecule has 2 aromatic carbocycles. The molecule has 5 nitrogen and oxygen atoms in total. The van der Waals surface area contributed by atoms with Gasteiger partial charge >= 0.3 is 0 Å². The quantitative estimate of drug-likeness (QED) is 0.675. The van der Waals surface area contributed by atoms with Crippen LogP contribution in [0.25, 0.3) is 0 Å². The molecule has 0 N–H and O–H groups in total. The molecule has 1 aliphatic rings. The molecule has 6 heteroatoms. The van der Waals surface area contributed by atoms with Crippen molar-refractivity contribution in [2.75, 3.05) is 39.9 Å². The number of halogens is 1. The molecule has 1 heterocycles. The molecule has 1 saturated heterocycles. The highest BCUT2D eigenvalue weighted by Crippen LogP contribution is 2.27. The van der Waals surface area contributed by atoms with Gasteiger partial charge in [-0.2, -0.15) is 5.10 Å². The summed E-state index contributed by atoms with van der Waals surface area (Å²) < 4.78 is 10.9. The van der Waals surface area contributed by atoms with Gasteiger partial charge in [-0.1, -0.05) is 29.8 Å². The van der Waals surface area contributed by atoms with E-state index in [9.17, 15) is 0 Å². The van der Waals surface area contributed by atoms with Crippen molar-refractivity contribution in [2.45, 2.75) is 13.5 Å². The molecule has 144 valence electrons. The summed E-state index contributed by atoms with van der Waals surface area (Å²) in [5.74, 6) is 1.48. The van der Waals surface area contributed by atoms with E-state index in [0.29, 0.717) is 6.61 Å². The van der Waals surface area contributed by atoms with E-state index >= 15 is 0 Å². The number of rotatable bonds is 7. The lowest BCUT2D eigenvalue weighted by molar-refractivity contribution is 0.131. The molecule has 0 aliphatic carbocycles. The number of ether oxygens (including phenoxy) is 2. The maximum atomic E-state index is 6.27. The highest BCUT2D eigenvalue weighted by Gasteiger charge is 2.16. The van der Waals surface area contributed by atoms with Crippen LogP contribution in [0.3, 0.4) is 0 Å². The zero-order valence-corrected chi connectivity index (χ0v) is 16.7. The van der Waals surface area contributed by atoms with Crippen molar-refractivity contribution in [3.8, 4) is 11.5 Å². The zero-order chi connectivity index (χ0) is 19.1. The number of hydrogen-bond acceptors (Lipinski definition) is 5. The summed E-state index contributed by atoms with van der Waals surface area (Å²) in [5.41, 5.74) is 2.17. The Morgan fingerprint density at radius 1 is 1.07 bits per heavy atom. The third kappa shape index (κ3) is 5.37. The molecule has 1 aliphatic heterocycles. The zero-order valence-electron chi connectivity index (χ0n) is 15.9. The number of benzene rings is 2. The summed E-state index contributed by atoms with van der Waals surface area (Å²) in [6.07, 6.45) is 1.88. The topological polar surface area (TPSA) is 37.3 Å². The minimum absolute atomic E-state index is 0.613. The van der Waals surface area contributed by atoms with Gasteiger partial charge < -0.3 is 9.47 Å². The normalized spacial score (nSPS) is 15.3. The summed E-state index contributed by atoms with van der Waals surface area (Å²) >= 11 is 6.27. The highest BCUT2D eigenvalue weighted by atomic mass is 35.5. The van der Waals surface area contributed by atoms with Crippen molar-refractivity contribution in [2.24, 2.45) is 5.10 Å². The van der Waals surface area contributed by atoms with Crippen molar-refractivity contribution < 1.29 is 9.47 Å². The molecule has 0 spiro atoms. The van der Waals surface area contributed by atoms with Crippen molar-refractivity contribution in [3.05, 3.63) is 58.6 Å². The summed E-state index contributed by atoms with van der Waals surface area (Å²) in [5, 5.41) is 7.56. The summed E-state index contributed by atoms with van der Waals surface area (Å²) in [6.45, 7) is 7.18. The molecule has 27 heavy (non-hydrogen) atoms. The Morgan fingerprint density at radius 3 is 2.56 bits per heavy atom. The number of nitrogens with zero attached hydrogens (tertiary/aromatic N) is 3. The first kappa shape index (κ1) is 19.5. The lowest BCUT2D eigenvalue weighted by Crippen LogP contribution is -2.43. The SMILES string of the molecule is CCOc1ccc(/C=N/N2CCN(Cc3ccccc3Cl)CC2)cc1OC. The average Bonchev–Trinajstić information content (AvgIpc) is 2.70. The second kappa shape index (κ2) is 9.62. The molecular formula is C21H26ClN3O2. The highest BCUT2D eigenvalue weighted by molar-refractivity contribution is 6.31. The summed E-state index contributed by atoms with van der Waals surface area (Å²) in [4.78, 5) is 2.41. The fraction of sp³-hybridized carbons (Fsp3) is 0.381. The number of hydrogen-bond donors (Lipinski definition) is 0. The van der Waals surface area contributed by atoms with Gasteiger partial charge in [0, 0.05) is 37.7 Å². The van der Waals surface area contributed by atoms with E-state index in [-0.39, 0.29) is 0 Å². The molecule has 0 saturated carbocycles. The van der Waals surface area contributed by atoms with Crippen LogP contribution in [0.4, 0.5) is 0 Å². The lowest BCUT2D eigenvalue weighted by Gasteiger charge is -2.33. The summed E-state index contributed by atoms with van der Waals surface area (Å²) in [7, 11) is 1.65. The smallest absolute Gasteiger partial charge is 0.161 e. The fourth-order valence-electron chi connectivity index (χ4n) is 3.07.